The molecule has 2 aromatic carbocycles. The number of rotatable bonds is 9. The van der Waals surface area contributed by atoms with Crippen LogP contribution >= 0.6 is 0 Å². The number of nitrogens with one attached hydrogen (secondary N) is 1. The van der Waals surface area contributed by atoms with Crippen molar-refractivity contribution in [1.82, 2.24) is 10.3 Å². The van der Waals surface area contributed by atoms with Crippen LogP contribution in [0.2, 0.25) is 0 Å². The Morgan fingerprint density at radius 1 is 1.07 bits per heavy atom. The Hall–Kier alpha value is -3.29. The van der Waals surface area contributed by atoms with E-state index in [2.05, 4.69) is 15.2 Å². The van der Waals surface area contributed by atoms with E-state index < -0.39 is 6.61 Å². The average Bonchev–Trinajstić information content (AvgIpc) is 3.24. The van der Waals surface area contributed by atoms with Crippen molar-refractivity contribution >= 4 is 17.5 Å². The molecule has 6 nitrogen and oxygen atoms in total. The highest BCUT2D eigenvalue weighted by molar-refractivity contribution is 6.02. The van der Waals surface area contributed by atoms with Crippen molar-refractivity contribution < 1.29 is 23.1 Å². The van der Waals surface area contributed by atoms with Gasteiger partial charge in [-0.2, -0.15) is 13.9 Å². The summed E-state index contributed by atoms with van der Waals surface area (Å²) >= 11 is 0. The van der Waals surface area contributed by atoms with Gasteiger partial charge in [0, 0.05) is 25.8 Å². The Bertz CT molecular complexity index is 886. The summed E-state index contributed by atoms with van der Waals surface area (Å²) in [4.78, 5) is 24.3. The highest BCUT2D eigenvalue weighted by Crippen LogP contribution is 2.16. The van der Waals surface area contributed by atoms with Gasteiger partial charge in [0.25, 0.3) is 0 Å². The standard InChI is InChI=1S/C22H23F2N3O3/c23-22(24)30-18-8-6-16(7-9-18)12-14-25-20(28)10-11-21(29)27-15-13-19(26-27)17-4-2-1-3-5-17/h1-9,22H,10-15H2,(H,25,28). The molecule has 0 radical (unpaired) electrons. The first-order valence-corrected chi connectivity index (χ1v) is 9.75. The molecule has 1 N–H and O–H groups in total. The zero-order valence-corrected chi connectivity index (χ0v) is 16.4. The van der Waals surface area contributed by atoms with Crippen LogP contribution in [0, 0.1) is 0 Å². The normalized spacial score (nSPS) is 13.3. The molecule has 2 amide bonds. The van der Waals surface area contributed by atoms with Crippen LogP contribution in [0.25, 0.3) is 0 Å². The molecule has 158 valence electrons. The summed E-state index contributed by atoms with van der Waals surface area (Å²) in [5, 5.41) is 8.57. The largest absolute Gasteiger partial charge is 0.435 e. The van der Waals surface area contributed by atoms with Crippen molar-refractivity contribution in [3.8, 4) is 5.75 Å². The Balaban J connectivity index is 1.36. The topological polar surface area (TPSA) is 71.0 Å². The molecule has 8 heteroatoms. The Morgan fingerprint density at radius 3 is 2.50 bits per heavy atom. The lowest BCUT2D eigenvalue weighted by Gasteiger charge is -2.11. The molecule has 0 saturated carbocycles. The highest BCUT2D eigenvalue weighted by atomic mass is 19.3. The predicted octanol–water partition coefficient (Wildman–Crippen LogP) is 3.36. The molecule has 0 spiro atoms. The minimum Gasteiger partial charge on any atom is -0.435 e. The molecular formula is C22H23F2N3O3. The predicted molar refractivity (Wildman–Crippen MR) is 108 cm³/mol. The van der Waals surface area contributed by atoms with Gasteiger partial charge in [0.1, 0.15) is 5.75 Å². The van der Waals surface area contributed by atoms with Gasteiger partial charge in [-0.25, -0.2) is 5.01 Å². The van der Waals surface area contributed by atoms with E-state index in [0.717, 1.165) is 16.8 Å². The van der Waals surface area contributed by atoms with Crippen LogP contribution in [0.5, 0.6) is 5.75 Å². The molecule has 1 aliphatic heterocycles. The zero-order chi connectivity index (χ0) is 21.3. The first-order valence-electron chi connectivity index (χ1n) is 9.75. The van der Waals surface area contributed by atoms with E-state index in [0.29, 0.717) is 25.9 Å². The number of halogens is 2. The maximum Gasteiger partial charge on any atom is 0.387 e. The lowest BCUT2D eigenvalue weighted by atomic mass is 10.1. The van der Waals surface area contributed by atoms with Gasteiger partial charge in [0.2, 0.25) is 11.8 Å². The zero-order valence-electron chi connectivity index (χ0n) is 16.4. The van der Waals surface area contributed by atoms with E-state index in [-0.39, 0.29) is 30.4 Å². The molecule has 0 unspecified atom stereocenters. The maximum absolute atomic E-state index is 12.3. The van der Waals surface area contributed by atoms with Crippen LogP contribution < -0.4 is 10.1 Å². The lowest BCUT2D eigenvalue weighted by molar-refractivity contribution is -0.133. The van der Waals surface area contributed by atoms with Gasteiger partial charge in [-0.1, -0.05) is 42.5 Å². The summed E-state index contributed by atoms with van der Waals surface area (Å²) < 4.78 is 28.6. The molecule has 0 bridgehead atoms. The fourth-order valence-electron chi connectivity index (χ4n) is 3.09. The number of carbonyl (C=O) groups is 2. The van der Waals surface area contributed by atoms with E-state index in [1.165, 1.54) is 17.1 Å². The first kappa shape index (κ1) is 21.4. The number of hydrogen-bond acceptors (Lipinski definition) is 4. The van der Waals surface area contributed by atoms with Crippen LogP contribution in [-0.4, -0.2) is 42.2 Å². The number of hydrazone groups is 1. The fourth-order valence-corrected chi connectivity index (χ4v) is 3.09. The number of ether oxygens (including phenoxy) is 1. The summed E-state index contributed by atoms with van der Waals surface area (Å²) in [7, 11) is 0. The molecule has 2 aromatic rings. The highest BCUT2D eigenvalue weighted by Gasteiger charge is 2.21. The van der Waals surface area contributed by atoms with Crippen molar-refractivity contribution in [2.75, 3.05) is 13.1 Å². The van der Waals surface area contributed by atoms with Crippen LogP contribution in [0.1, 0.15) is 30.4 Å². The molecule has 0 saturated heterocycles. The Morgan fingerprint density at radius 2 is 1.80 bits per heavy atom. The third-order valence-corrected chi connectivity index (χ3v) is 4.65. The van der Waals surface area contributed by atoms with Crippen LogP contribution in [0.4, 0.5) is 8.78 Å². The van der Waals surface area contributed by atoms with E-state index in [1.54, 1.807) is 12.1 Å². The van der Waals surface area contributed by atoms with Gasteiger partial charge in [-0.05, 0) is 29.7 Å². The molecule has 1 aliphatic rings. The lowest BCUT2D eigenvalue weighted by Crippen LogP contribution is -2.29. The fraction of sp³-hybridized carbons (Fsp3) is 0.318. The monoisotopic (exact) mass is 415 g/mol. The maximum atomic E-state index is 12.3. The summed E-state index contributed by atoms with van der Waals surface area (Å²) in [6, 6.07) is 16.0. The molecule has 0 aliphatic carbocycles. The minimum atomic E-state index is -2.85. The van der Waals surface area contributed by atoms with Crippen LogP contribution in [0.15, 0.2) is 59.7 Å². The SMILES string of the molecule is O=C(CCC(=O)N1CCC(c2ccccc2)=N1)NCCc1ccc(OC(F)F)cc1. The van der Waals surface area contributed by atoms with Gasteiger partial charge in [0.05, 0.1) is 12.3 Å². The number of hydrogen-bond donors (Lipinski definition) is 1. The number of nitrogens with zero attached hydrogens (tertiary/aromatic N) is 2. The second-order valence-corrected chi connectivity index (χ2v) is 6.80. The molecule has 30 heavy (non-hydrogen) atoms. The van der Waals surface area contributed by atoms with Crippen molar-refractivity contribution in [3.05, 3.63) is 65.7 Å². The van der Waals surface area contributed by atoms with Crippen molar-refractivity contribution in [2.45, 2.75) is 32.3 Å². The van der Waals surface area contributed by atoms with Gasteiger partial charge in [-0.3, -0.25) is 9.59 Å². The Kier molecular flexibility index (Phi) is 7.48. The molecule has 0 atom stereocenters. The van der Waals surface area contributed by atoms with Crippen molar-refractivity contribution in [1.29, 1.82) is 0 Å². The van der Waals surface area contributed by atoms with E-state index in [4.69, 9.17) is 0 Å². The van der Waals surface area contributed by atoms with Crippen LogP contribution in [-0.2, 0) is 16.0 Å². The molecule has 0 fully saturated rings. The minimum absolute atomic E-state index is 0.0900. The average molecular weight is 415 g/mol. The van der Waals surface area contributed by atoms with Crippen molar-refractivity contribution in [2.24, 2.45) is 5.10 Å². The summed E-state index contributed by atoms with van der Waals surface area (Å²) in [6.07, 6.45) is 1.43. The first-order chi connectivity index (χ1) is 14.5. The smallest absolute Gasteiger partial charge is 0.387 e. The summed E-state index contributed by atoms with van der Waals surface area (Å²) in [5.41, 5.74) is 2.76. The molecule has 0 aromatic heterocycles. The van der Waals surface area contributed by atoms with Gasteiger partial charge >= 0.3 is 6.61 Å². The second-order valence-electron chi connectivity index (χ2n) is 6.80. The van der Waals surface area contributed by atoms with Gasteiger partial charge in [-0.15, -0.1) is 0 Å². The number of amides is 2. The van der Waals surface area contributed by atoms with Gasteiger partial charge < -0.3 is 10.1 Å². The van der Waals surface area contributed by atoms with Gasteiger partial charge in [0.15, 0.2) is 0 Å². The third-order valence-electron chi connectivity index (χ3n) is 4.65. The number of carbonyl (C=O) groups excluding carboxylic acids is 2. The molecular weight excluding hydrogens is 392 g/mol. The number of benzene rings is 2. The third kappa shape index (κ3) is 6.37. The van der Waals surface area contributed by atoms with E-state index >= 15 is 0 Å². The van der Waals surface area contributed by atoms with Crippen LogP contribution in [0.3, 0.4) is 0 Å². The Labute approximate surface area is 173 Å². The summed E-state index contributed by atoms with van der Waals surface area (Å²) in [6.45, 7) is -1.94. The van der Waals surface area contributed by atoms with E-state index in [9.17, 15) is 18.4 Å². The van der Waals surface area contributed by atoms with Crippen molar-refractivity contribution in [3.63, 3.8) is 0 Å². The number of alkyl halides is 2. The quantitative estimate of drug-likeness (QED) is 0.683. The molecule has 3 rings (SSSR count). The molecule has 1 heterocycles. The second kappa shape index (κ2) is 10.5. The summed E-state index contributed by atoms with van der Waals surface area (Å²) in [5.74, 6) is -0.297. The van der Waals surface area contributed by atoms with E-state index in [1.807, 2.05) is 30.3 Å².